The minimum Gasteiger partial charge on any atom is -0.493 e. The molecular formula is C22H20Cl2FNO2. The number of methoxy groups -OCH3 is 1. The van der Waals surface area contributed by atoms with Gasteiger partial charge in [0.1, 0.15) is 12.4 Å². The van der Waals surface area contributed by atoms with Crippen LogP contribution in [0, 0.1) is 5.82 Å². The quantitative estimate of drug-likeness (QED) is 0.484. The summed E-state index contributed by atoms with van der Waals surface area (Å²) < 4.78 is 24.3. The molecule has 0 heterocycles. The summed E-state index contributed by atoms with van der Waals surface area (Å²) in [5.74, 6) is 0.830. The summed E-state index contributed by atoms with van der Waals surface area (Å²) in [6.07, 6.45) is 0. The first-order valence-corrected chi connectivity index (χ1v) is 9.49. The lowest BCUT2D eigenvalue weighted by molar-refractivity contribution is 0.284. The second-order valence-electron chi connectivity index (χ2n) is 6.25. The molecule has 28 heavy (non-hydrogen) atoms. The Kier molecular flexibility index (Phi) is 7.15. The van der Waals surface area contributed by atoms with Gasteiger partial charge in [0.25, 0.3) is 0 Å². The van der Waals surface area contributed by atoms with E-state index in [0.29, 0.717) is 41.2 Å². The zero-order valence-electron chi connectivity index (χ0n) is 15.3. The molecule has 0 radical (unpaired) electrons. The first-order valence-electron chi connectivity index (χ1n) is 8.74. The lowest BCUT2D eigenvalue weighted by atomic mass is 10.1. The Bertz CT molecular complexity index is 915. The van der Waals surface area contributed by atoms with Crippen molar-refractivity contribution in [2.24, 2.45) is 0 Å². The lowest BCUT2D eigenvalue weighted by Gasteiger charge is -2.15. The second-order valence-corrected chi connectivity index (χ2v) is 7.10. The second kappa shape index (κ2) is 9.78. The minimum atomic E-state index is -0.241. The zero-order valence-corrected chi connectivity index (χ0v) is 16.9. The van der Waals surface area contributed by atoms with Gasteiger partial charge in [-0.25, -0.2) is 4.39 Å². The average molecular weight is 420 g/mol. The molecule has 0 aromatic heterocycles. The fourth-order valence-electron chi connectivity index (χ4n) is 2.70. The number of rotatable bonds is 8. The SMILES string of the molecule is COc1cc(CNCc2ccc(F)cc2)cc(Cl)c1OCc1ccc(Cl)cc1. The van der Waals surface area contributed by atoms with Crippen LogP contribution < -0.4 is 14.8 Å². The fraction of sp³-hybridized carbons (Fsp3) is 0.182. The Morgan fingerprint density at radius 1 is 0.857 bits per heavy atom. The highest BCUT2D eigenvalue weighted by Crippen LogP contribution is 2.37. The van der Waals surface area contributed by atoms with Crippen LogP contribution in [0.3, 0.4) is 0 Å². The van der Waals surface area contributed by atoms with Crippen molar-refractivity contribution in [1.29, 1.82) is 0 Å². The minimum absolute atomic E-state index is 0.241. The smallest absolute Gasteiger partial charge is 0.180 e. The van der Waals surface area contributed by atoms with Crippen LogP contribution >= 0.6 is 23.2 Å². The van der Waals surface area contributed by atoms with Crippen molar-refractivity contribution in [3.05, 3.63) is 93.2 Å². The summed E-state index contributed by atoms with van der Waals surface area (Å²) >= 11 is 12.3. The van der Waals surface area contributed by atoms with Gasteiger partial charge in [0, 0.05) is 18.1 Å². The molecule has 0 saturated carbocycles. The highest BCUT2D eigenvalue weighted by molar-refractivity contribution is 6.32. The average Bonchev–Trinajstić information content (AvgIpc) is 2.69. The summed E-state index contributed by atoms with van der Waals surface area (Å²) in [4.78, 5) is 0. The lowest BCUT2D eigenvalue weighted by Crippen LogP contribution is -2.13. The van der Waals surface area contributed by atoms with E-state index in [1.54, 1.807) is 19.2 Å². The third kappa shape index (κ3) is 5.61. The number of nitrogens with one attached hydrogen (secondary N) is 1. The Balaban J connectivity index is 1.63. The van der Waals surface area contributed by atoms with Crippen molar-refractivity contribution in [3.8, 4) is 11.5 Å². The molecule has 3 aromatic rings. The number of ether oxygens (including phenoxy) is 2. The largest absolute Gasteiger partial charge is 0.493 e. The van der Waals surface area contributed by atoms with Crippen molar-refractivity contribution >= 4 is 23.2 Å². The van der Waals surface area contributed by atoms with Crippen molar-refractivity contribution in [2.45, 2.75) is 19.7 Å². The first-order chi connectivity index (χ1) is 13.5. The van der Waals surface area contributed by atoms with Gasteiger partial charge in [-0.3, -0.25) is 0 Å². The molecule has 6 heteroatoms. The van der Waals surface area contributed by atoms with E-state index in [1.807, 2.05) is 36.4 Å². The number of hydrogen-bond donors (Lipinski definition) is 1. The molecule has 0 spiro atoms. The van der Waals surface area contributed by atoms with Crippen LogP contribution in [0.5, 0.6) is 11.5 Å². The maximum Gasteiger partial charge on any atom is 0.180 e. The standard InChI is InChI=1S/C22H20Cl2FNO2/c1-27-21-11-17(13-26-12-15-4-8-19(25)9-5-15)10-20(24)22(21)28-14-16-2-6-18(23)7-3-16/h2-11,26H,12-14H2,1H3. The predicted octanol–water partition coefficient (Wildman–Crippen LogP) is 6.01. The molecule has 0 aliphatic carbocycles. The summed E-state index contributed by atoms with van der Waals surface area (Å²) in [5.41, 5.74) is 2.94. The summed E-state index contributed by atoms with van der Waals surface area (Å²) in [6.45, 7) is 1.56. The molecule has 3 rings (SSSR count). The van der Waals surface area contributed by atoms with Crippen molar-refractivity contribution < 1.29 is 13.9 Å². The highest BCUT2D eigenvalue weighted by Gasteiger charge is 2.12. The molecule has 0 bridgehead atoms. The van der Waals surface area contributed by atoms with Crippen molar-refractivity contribution in [3.63, 3.8) is 0 Å². The molecule has 0 unspecified atom stereocenters. The van der Waals surface area contributed by atoms with Crippen LogP contribution in [-0.4, -0.2) is 7.11 Å². The summed E-state index contributed by atoms with van der Waals surface area (Å²) in [6, 6.07) is 17.6. The van der Waals surface area contributed by atoms with Gasteiger partial charge in [0.15, 0.2) is 11.5 Å². The van der Waals surface area contributed by atoms with Crippen LogP contribution in [0.25, 0.3) is 0 Å². The van der Waals surface area contributed by atoms with E-state index in [9.17, 15) is 4.39 Å². The molecule has 0 aliphatic rings. The fourth-order valence-corrected chi connectivity index (χ4v) is 3.12. The molecule has 1 N–H and O–H groups in total. The van der Waals surface area contributed by atoms with Gasteiger partial charge in [0.2, 0.25) is 0 Å². The Morgan fingerprint density at radius 2 is 1.50 bits per heavy atom. The normalized spacial score (nSPS) is 10.7. The van der Waals surface area contributed by atoms with E-state index in [0.717, 1.165) is 16.7 Å². The van der Waals surface area contributed by atoms with Gasteiger partial charge in [-0.1, -0.05) is 47.5 Å². The van der Waals surface area contributed by atoms with E-state index >= 15 is 0 Å². The van der Waals surface area contributed by atoms with Crippen LogP contribution in [0.15, 0.2) is 60.7 Å². The van der Waals surface area contributed by atoms with Crippen molar-refractivity contribution in [1.82, 2.24) is 5.32 Å². The first kappa shape index (κ1) is 20.5. The molecule has 0 saturated heterocycles. The van der Waals surface area contributed by atoms with Gasteiger partial charge in [-0.2, -0.15) is 0 Å². The molecule has 3 aromatic carbocycles. The van der Waals surface area contributed by atoms with E-state index in [1.165, 1.54) is 12.1 Å². The van der Waals surface area contributed by atoms with Gasteiger partial charge >= 0.3 is 0 Å². The summed E-state index contributed by atoms with van der Waals surface area (Å²) in [7, 11) is 1.58. The van der Waals surface area contributed by atoms with E-state index < -0.39 is 0 Å². The molecule has 0 aliphatic heterocycles. The predicted molar refractivity (Wildman–Crippen MR) is 111 cm³/mol. The van der Waals surface area contributed by atoms with Crippen LogP contribution in [0.1, 0.15) is 16.7 Å². The molecule has 146 valence electrons. The molecule has 0 fully saturated rings. The number of benzene rings is 3. The van der Waals surface area contributed by atoms with Gasteiger partial charge in [0.05, 0.1) is 12.1 Å². The Hall–Kier alpha value is -2.27. The summed E-state index contributed by atoms with van der Waals surface area (Å²) in [5, 5.41) is 4.46. The van der Waals surface area contributed by atoms with Gasteiger partial charge < -0.3 is 14.8 Å². The van der Waals surface area contributed by atoms with Crippen LogP contribution in [0.4, 0.5) is 4.39 Å². The van der Waals surface area contributed by atoms with Crippen LogP contribution in [-0.2, 0) is 19.7 Å². The topological polar surface area (TPSA) is 30.5 Å². The zero-order chi connectivity index (χ0) is 19.9. The maximum atomic E-state index is 13.0. The highest BCUT2D eigenvalue weighted by atomic mass is 35.5. The monoisotopic (exact) mass is 419 g/mol. The third-order valence-electron chi connectivity index (χ3n) is 4.16. The third-order valence-corrected chi connectivity index (χ3v) is 4.69. The van der Waals surface area contributed by atoms with Gasteiger partial charge in [-0.05, 0) is 53.1 Å². The Labute approximate surface area is 174 Å². The van der Waals surface area contributed by atoms with E-state index in [-0.39, 0.29) is 5.82 Å². The number of hydrogen-bond acceptors (Lipinski definition) is 3. The number of halogens is 3. The van der Waals surface area contributed by atoms with Crippen LogP contribution in [0.2, 0.25) is 10.0 Å². The van der Waals surface area contributed by atoms with E-state index in [2.05, 4.69) is 5.32 Å². The molecular weight excluding hydrogens is 400 g/mol. The van der Waals surface area contributed by atoms with Gasteiger partial charge in [-0.15, -0.1) is 0 Å². The molecule has 0 amide bonds. The van der Waals surface area contributed by atoms with E-state index in [4.69, 9.17) is 32.7 Å². The molecule has 3 nitrogen and oxygen atoms in total. The maximum absolute atomic E-state index is 13.0. The Morgan fingerprint density at radius 3 is 2.18 bits per heavy atom. The molecule has 0 atom stereocenters. The van der Waals surface area contributed by atoms with Crippen molar-refractivity contribution in [2.75, 3.05) is 7.11 Å².